The number of likely N-dealkylation sites (tertiary alicyclic amines) is 1. The van der Waals surface area contributed by atoms with Crippen molar-refractivity contribution in [2.45, 2.75) is 46.0 Å². The molecular formula is C18H27N3O3. The molecule has 0 spiro atoms. The fourth-order valence-corrected chi connectivity index (χ4v) is 3.62. The molecule has 0 saturated carbocycles. The first-order valence-electron chi connectivity index (χ1n) is 8.42. The highest BCUT2D eigenvalue weighted by molar-refractivity contribution is 5.80. The number of aliphatic carboxylic acids is 1. The van der Waals surface area contributed by atoms with Gasteiger partial charge in [0.15, 0.2) is 0 Å². The zero-order valence-electron chi connectivity index (χ0n) is 14.8. The van der Waals surface area contributed by atoms with E-state index in [1.54, 1.807) is 11.0 Å². The van der Waals surface area contributed by atoms with Crippen LogP contribution in [0.5, 0.6) is 0 Å². The molecule has 1 aliphatic heterocycles. The molecule has 1 aromatic heterocycles. The van der Waals surface area contributed by atoms with Crippen LogP contribution >= 0.6 is 0 Å². The van der Waals surface area contributed by atoms with Crippen molar-refractivity contribution in [2.75, 3.05) is 13.1 Å². The van der Waals surface area contributed by atoms with Crippen molar-refractivity contribution in [1.82, 2.24) is 14.7 Å². The smallest absolute Gasteiger partial charge is 0.311 e. The number of nitrogens with zero attached hydrogens (tertiary/aromatic N) is 3. The molecule has 0 unspecified atom stereocenters. The van der Waals surface area contributed by atoms with E-state index in [1.807, 2.05) is 25.6 Å². The van der Waals surface area contributed by atoms with Gasteiger partial charge in [0.25, 0.3) is 0 Å². The molecule has 1 N–H and O–H groups in total. The van der Waals surface area contributed by atoms with Crippen LogP contribution in [0, 0.1) is 19.3 Å². The molecular weight excluding hydrogens is 306 g/mol. The Balaban J connectivity index is 2.04. The Hall–Kier alpha value is -2.11. The Kier molecular flexibility index (Phi) is 5.47. The molecule has 0 aliphatic carbocycles. The van der Waals surface area contributed by atoms with E-state index < -0.39 is 11.4 Å². The zero-order valence-corrected chi connectivity index (χ0v) is 14.8. The lowest BCUT2D eigenvalue weighted by Gasteiger charge is -2.39. The number of carbonyl (C=O) groups excluding carboxylic acids is 1. The topological polar surface area (TPSA) is 75.4 Å². The van der Waals surface area contributed by atoms with Crippen LogP contribution in [0.4, 0.5) is 0 Å². The first-order chi connectivity index (χ1) is 11.3. The second kappa shape index (κ2) is 7.20. The van der Waals surface area contributed by atoms with Crippen LogP contribution in [0.1, 0.15) is 42.6 Å². The van der Waals surface area contributed by atoms with Crippen molar-refractivity contribution in [2.24, 2.45) is 12.5 Å². The highest BCUT2D eigenvalue weighted by atomic mass is 16.4. The highest BCUT2D eigenvalue weighted by Gasteiger charge is 2.42. The monoisotopic (exact) mass is 333 g/mol. The highest BCUT2D eigenvalue weighted by Crippen LogP contribution is 2.34. The van der Waals surface area contributed by atoms with Gasteiger partial charge in [0.1, 0.15) is 0 Å². The van der Waals surface area contributed by atoms with E-state index in [0.717, 1.165) is 23.4 Å². The Bertz CT molecular complexity index is 650. The maximum absolute atomic E-state index is 12.6. The molecule has 0 radical (unpaired) electrons. The normalized spacial score (nSPS) is 20.9. The van der Waals surface area contributed by atoms with Crippen LogP contribution in [0.3, 0.4) is 0 Å². The summed E-state index contributed by atoms with van der Waals surface area (Å²) in [5, 5.41) is 14.0. The van der Waals surface area contributed by atoms with Gasteiger partial charge in [-0.25, -0.2) is 0 Å². The molecule has 2 heterocycles. The number of aromatic nitrogens is 2. The summed E-state index contributed by atoms with van der Waals surface area (Å²) in [6, 6.07) is 0. The van der Waals surface area contributed by atoms with Crippen LogP contribution in [-0.4, -0.2) is 44.8 Å². The lowest BCUT2D eigenvalue weighted by atomic mass is 9.77. The second-order valence-electron chi connectivity index (χ2n) is 6.77. The van der Waals surface area contributed by atoms with Crippen molar-refractivity contribution in [3.63, 3.8) is 0 Å². The van der Waals surface area contributed by atoms with Crippen molar-refractivity contribution in [3.05, 3.63) is 29.6 Å². The van der Waals surface area contributed by atoms with Gasteiger partial charge in [0.05, 0.1) is 11.1 Å². The van der Waals surface area contributed by atoms with E-state index in [-0.39, 0.29) is 12.5 Å². The SMILES string of the molecule is C=CC[C@@]1(C(=O)O)CCCN(C(=O)CCc2c(C)nn(C)c2C)C1. The van der Waals surface area contributed by atoms with Crippen LogP contribution in [-0.2, 0) is 23.1 Å². The minimum absolute atomic E-state index is 0.0204. The maximum atomic E-state index is 12.6. The number of carboxylic acids is 1. The van der Waals surface area contributed by atoms with Crippen LogP contribution in [0.25, 0.3) is 0 Å². The molecule has 1 aliphatic rings. The molecule has 2 rings (SSSR count). The van der Waals surface area contributed by atoms with Gasteiger partial charge in [-0.2, -0.15) is 5.10 Å². The lowest BCUT2D eigenvalue weighted by Crippen LogP contribution is -2.49. The maximum Gasteiger partial charge on any atom is 0.311 e. The number of allylic oxidation sites excluding steroid dienone is 1. The number of hydrogen-bond donors (Lipinski definition) is 1. The van der Waals surface area contributed by atoms with E-state index in [0.29, 0.717) is 32.2 Å². The second-order valence-corrected chi connectivity index (χ2v) is 6.77. The molecule has 1 aromatic rings. The molecule has 1 atom stereocenters. The quantitative estimate of drug-likeness (QED) is 0.810. The average Bonchev–Trinajstić information content (AvgIpc) is 2.78. The van der Waals surface area contributed by atoms with Crippen molar-refractivity contribution < 1.29 is 14.7 Å². The fraction of sp³-hybridized carbons (Fsp3) is 0.611. The third-order valence-corrected chi connectivity index (χ3v) is 5.17. The van der Waals surface area contributed by atoms with E-state index in [1.165, 1.54) is 0 Å². The molecule has 1 amide bonds. The van der Waals surface area contributed by atoms with Gasteiger partial charge in [-0.15, -0.1) is 6.58 Å². The predicted molar refractivity (Wildman–Crippen MR) is 91.7 cm³/mol. The van der Waals surface area contributed by atoms with E-state index in [2.05, 4.69) is 11.7 Å². The van der Waals surface area contributed by atoms with Gasteiger partial charge >= 0.3 is 5.97 Å². The summed E-state index contributed by atoms with van der Waals surface area (Å²) in [5.74, 6) is -0.814. The lowest BCUT2D eigenvalue weighted by molar-refractivity contribution is -0.154. The molecule has 1 fully saturated rings. The first-order valence-corrected chi connectivity index (χ1v) is 8.42. The summed E-state index contributed by atoms with van der Waals surface area (Å²) in [5.41, 5.74) is 2.26. The van der Waals surface area contributed by atoms with Gasteiger partial charge in [-0.1, -0.05) is 6.08 Å². The fourth-order valence-electron chi connectivity index (χ4n) is 3.62. The van der Waals surface area contributed by atoms with E-state index in [4.69, 9.17) is 0 Å². The number of rotatable bonds is 6. The predicted octanol–water partition coefficient (Wildman–Crippen LogP) is 2.24. The zero-order chi connectivity index (χ0) is 17.9. The molecule has 6 nitrogen and oxygen atoms in total. The number of aryl methyl sites for hydroxylation is 2. The molecule has 132 valence electrons. The standard InChI is InChI=1S/C18H27N3O3/c1-5-9-18(17(23)24)10-6-11-21(12-18)16(22)8-7-15-13(2)19-20(4)14(15)3/h5H,1,6-12H2,2-4H3,(H,23,24)/t18-/m1/s1. The Morgan fingerprint density at radius 1 is 1.42 bits per heavy atom. The Labute approximate surface area is 143 Å². The number of carbonyl (C=O) groups is 2. The Morgan fingerprint density at radius 3 is 2.67 bits per heavy atom. The van der Waals surface area contributed by atoms with Crippen molar-refractivity contribution >= 4 is 11.9 Å². The molecule has 0 aromatic carbocycles. The third kappa shape index (κ3) is 3.52. The Morgan fingerprint density at radius 2 is 2.12 bits per heavy atom. The summed E-state index contributed by atoms with van der Waals surface area (Å²) < 4.78 is 1.83. The number of piperidine rings is 1. The summed E-state index contributed by atoms with van der Waals surface area (Å²) in [4.78, 5) is 26.0. The van der Waals surface area contributed by atoms with Gasteiger partial charge < -0.3 is 10.0 Å². The largest absolute Gasteiger partial charge is 0.481 e. The van der Waals surface area contributed by atoms with E-state index in [9.17, 15) is 14.7 Å². The van der Waals surface area contributed by atoms with Gasteiger partial charge in [-0.05, 0) is 45.1 Å². The molecule has 6 heteroatoms. The third-order valence-electron chi connectivity index (χ3n) is 5.17. The van der Waals surface area contributed by atoms with Crippen LogP contribution < -0.4 is 0 Å². The number of carboxylic acid groups (broad SMARTS) is 1. The summed E-state index contributed by atoms with van der Waals surface area (Å²) in [7, 11) is 1.90. The molecule has 24 heavy (non-hydrogen) atoms. The number of hydrogen-bond acceptors (Lipinski definition) is 3. The van der Waals surface area contributed by atoms with Crippen LogP contribution in [0.15, 0.2) is 12.7 Å². The summed E-state index contributed by atoms with van der Waals surface area (Å²) in [6.45, 7) is 8.54. The van der Waals surface area contributed by atoms with Crippen LogP contribution in [0.2, 0.25) is 0 Å². The minimum atomic E-state index is -0.879. The van der Waals surface area contributed by atoms with Gasteiger partial charge in [0, 0.05) is 32.3 Å². The van der Waals surface area contributed by atoms with Gasteiger partial charge in [0.2, 0.25) is 5.91 Å². The average molecular weight is 333 g/mol. The first kappa shape index (κ1) is 18.2. The van der Waals surface area contributed by atoms with Crippen molar-refractivity contribution in [1.29, 1.82) is 0 Å². The summed E-state index contributed by atoms with van der Waals surface area (Å²) >= 11 is 0. The number of amides is 1. The molecule has 1 saturated heterocycles. The van der Waals surface area contributed by atoms with Crippen molar-refractivity contribution in [3.8, 4) is 0 Å². The summed E-state index contributed by atoms with van der Waals surface area (Å²) in [6.07, 6.45) is 4.38. The minimum Gasteiger partial charge on any atom is -0.481 e. The molecule has 0 bridgehead atoms. The van der Waals surface area contributed by atoms with Gasteiger partial charge in [-0.3, -0.25) is 14.3 Å². The van der Waals surface area contributed by atoms with E-state index >= 15 is 0 Å².